The van der Waals surface area contributed by atoms with Crippen LogP contribution in [0.15, 0.2) is 0 Å². The smallest absolute Gasteiger partial charge is 0.238 e. The summed E-state index contributed by atoms with van der Waals surface area (Å²) in [5, 5.41) is 6.00. The Morgan fingerprint density at radius 3 is 2.67 bits per heavy atom. The number of amides is 2. The predicted octanol–water partition coefficient (Wildman–Crippen LogP) is 0.0661. The molecule has 1 unspecified atom stereocenters. The zero-order valence-electron chi connectivity index (χ0n) is 11.2. The van der Waals surface area contributed by atoms with E-state index in [1.807, 2.05) is 13.8 Å². The summed E-state index contributed by atoms with van der Waals surface area (Å²) in [5.41, 5.74) is 0. The van der Waals surface area contributed by atoms with Crippen LogP contribution in [-0.2, 0) is 9.59 Å². The van der Waals surface area contributed by atoms with Crippen molar-refractivity contribution in [1.82, 2.24) is 15.5 Å². The van der Waals surface area contributed by atoms with Crippen molar-refractivity contribution in [1.29, 1.82) is 0 Å². The maximum atomic E-state index is 11.8. The molecule has 1 aliphatic rings. The van der Waals surface area contributed by atoms with Gasteiger partial charge in [-0.2, -0.15) is 11.8 Å². The molecule has 0 spiro atoms. The van der Waals surface area contributed by atoms with Crippen molar-refractivity contribution in [2.75, 3.05) is 37.7 Å². The minimum atomic E-state index is -0.104. The molecule has 2 N–H and O–H groups in total. The van der Waals surface area contributed by atoms with Gasteiger partial charge in [0, 0.05) is 44.1 Å². The van der Waals surface area contributed by atoms with E-state index in [1.165, 1.54) is 0 Å². The van der Waals surface area contributed by atoms with Gasteiger partial charge in [-0.1, -0.05) is 0 Å². The largest absolute Gasteiger partial charge is 0.354 e. The van der Waals surface area contributed by atoms with Gasteiger partial charge in [0.05, 0.1) is 6.04 Å². The Hall–Kier alpha value is -0.750. The predicted molar refractivity (Wildman–Crippen MR) is 74.7 cm³/mol. The number of carbonyl (C=O) groups excluding carboxylic acids is 2. The van der Waals surface area contributed by atoms with E-state index in [1.54, 1.807) is 16.7 Å². The Morgan fingerprint density at radius 2 is 2.11 bits per heavy atom. The first-order valence-electron chi connectivity index (χ1n) is 6.55. The van der Waals surface area contributed by atoms with Gasteiger partial charge < -0.3 is 15.5 Å². The van der Waals surface area contributed by atoms with E-state index in [2.05, 4.69) is 10.6 Å². The minimum Gasteiger partial charge on any atom is -0.354 e. The van der Waals surface area contributed by atoms with Crippen LogP contribution in [0.3, 0.4) is 0 Å². The average Bonchev–Trinajstić information content (AvgIpc) is 2.41. The molecule has 1 rings (SSSR count). The molecule has 0 aromatic heterocycles. The van der Waals surface area contributed by atoms with Gasteiger partial charge in [0.2, 0.25) is 11.8 Å². The molecular formula is C12H23N3O2S. The van der Waals surface area contributed by atoms with Crippen LogP contribution >= 0.6 is 11.8 Å². The molecule has 0 saturated carbocycles. The zero-order chi connectivity index (χ0) is 13.4. The third-order valence-electron chi connectivity index (χ3n) is 2.99. The van der Waals surface area contributed by atoms with Crippen molar-refractivity contribution in [3.63, 3.8) is 0 Å². The van der Waals surface area contributed by atoms with Crippen LogP contribution in [-0.4, -0.2) is 60.4 Å². The molecule has 1 atom stereocenters. The van der Waals surface area contributed by atoms with Crippen molar-refractivity contribution < 1.29 is 9.59 Å². The molecule has 0 bridgehead atoms. The molecule has 1 saturated heterocycles. The van der Waals surface area contributed by atoms with Crippen LogP contribution in [0.2, 0.25) is 0 Å². The molecule has 0 aromatic rings. The van der Waals surface area contributed by atoms with E-state index in [4.69, 9.17) is 0 Å². The molecule has 2 amide bonds. The second-order valence-electron chi connectivity index (χ2n) is 4.19. The Bertz CT molecular complexity index is 276. The molecule has 0 radical (unpaired) electrons. The van der Waals surface area contributed by atoms with E-state index >= 15 is 0 Å². The van der Waals surface area contributed by atoms with Crippen molar-refractivity contribution in [3.05, 3.63) is 0 Å². The molecule has 6 heteroatoms. The van der Waals surface area contributed by atoms with Gasteiger partial charge in [0.25, 0.3) is 0 Å². The quantitative estimate of drug-likeness (QED) is 0.719. The third-order valence-corrected chi connectivity index (χ3v) is 4.05. The molecular weight excluding hydrogens is 250 g/mol. The first kappa shape index (κ1) is 15.3. The lowest BCUT2D eigenvalue weighted by Crippen LogP contribution is -2.49. The highest BCUT2D eigenvalue weighted by molar-refractivity contribution is 7.99. The number of carbonyl (C=O) groups is 2. The lowest BCUT2D eigenvalue weighted by Gasteiger charge is -2.22. The molecule has 104 valence electrons. The Kier molecular flexibility index (Phi) is 7.12. The van der Waals surface area contributed by atoms with E-state index < -0.39 is 0 Å². The summed E-state index contributed by atoms with van der Waals surface area (Å²) in [6.07, 6.45) is 0.382. The topological polar surface area (TPSA) is 61.4 Å². The van der Waals surface area contributed by atoms with E-state index in [0.717, 1.165) is 31.1 Å². The Morgan fingerprint density at radius 1 is 1.39 bits per heavy atom. The number of nitrogens with zero attached hydrogens (tertiary/aromatic N) is 1. The number of hydrogen-bond donors (Lipinski definition) is 2. The second kappa shape index (κ2) is 8.37. The molecule has 0 aliphatic carbocycles. The van der Waals surface area contributed by atoms with Crippen LogP contribution in [0, 0.1) is 0 Å². The van der Waals surface area contributed by atoms with Gasteiger partial charge in [-0.3, -0.25) is 9.59 Å². The number of hydrogen-bond acceptors (Lipinski definition) is 4. The highest BCUT2D eigenvalue weighted by atomic mass is 32.2. The van der Waals surface area contributed by atoms with Crippen LogP contribution in [0.25, 0.3) is 0 Å². The Balaban J connectivity index is 2.20. The Labute approximate surface area is 113 Å². The standard InChI is InChI=1S/C12H23N3O2S/c1-3-15(4-2)11(16)5-6-14-12(17)10-9-18-8-7-13-10/h10,13H,3-9H2,1-2H3,(H,14,17). The van der Waals surface area contributed by atoms with Crippen LogP contribution < -0.4 is 10.6 Å². The highest BCUT2D eigenvalue weighted by Gasteiger charge is 2.20. The number of nitrogens with one attached hydrogen (secondary N) is 2. The molecule has 1 heterocycles. The van der Waals surface area contributed by atoms with Crippen LogP contribution in [0.1, 0.15) is 20.3 Å². The number of thioether (sulfide) groups is 1. The fraction of sp³-hybridized carbons (Fsp3) is 0.833. The highest BCUT2D eigenvalue weighted by Crippen LogP contribution is 2.07. The summed E-state index contributed by atoms with van der Waals surface area (Å²) >= 11 is 1.78. The van der Waals surface area contributed by atoms with Gasteiger partial charge in [0.1, 0.15) is 0 Å². The van der Waals surface area contributed by atoms with Gasteiger partial charge in [0.15, 0.2) is 0 Å². The first-order valence-corrected chi connectivity index (χ1v) is 7.71. The maximum absolute atomic E-state index is 11.8. The molecule has 18 heavy (non-hydrogen) atoms. The summed E-state index contributed by atoms with van der Waals surface area (Å²) in [4.78, 5) is 25.3. The third kappa shape index (κ3) is 4.86. The van der Waals surface area contributed by atoms with Crippen molar-refractivity contribution in [3.8, 4) is 0 Å². The summed E-state index contributed by atoms with van der Waals surface area (Å²) < 4.78 is 0. The van der Waals surface area contributed by atoms with Gasteiger partial charge in [-0.05, 0) is 13.8 Å². The monoisotopic (exact) mass is 273 g/mol. The van der Waals surface area contributed by atoms with E-state index in [-0.39, 0.29) is 17.9 Å². The van der Waals surface area contributed by atoms with E-state index in [9.17, 15) is 9.59 Å². The molecule has 5 nitrogen and oxygen atoms in total. The molecule has 0 aromatic carbocycles. The van der Waals surface area contributed by atoms with Crippen molar-refractivity contribution >= 4 is 23.6 Å². The maximum Gasteiger partial charge on any atom is 0.238 e. The second-order valence-corrected chi connectivity index (χ2v) is 5.34. The van der Waals surface area contributed by atoms with Crippen molar-refractivity contribution in [2.45, 2.75) is 26.3 Å². The SMILES string of the molecule is CCN(CC)C(=O)CCNC(=O)C1CSCCN1. The first-order chi connectivity index (χ1) is 8.69. The van der Waals surface area contributed by atoms with Crippen LogP contribution in [0.5, 0.6) is 0 Å². The van der Waals surface area contributed by atoms with E-state index in [0.29, 0.717) is 13.0 Å². The summed E-state index contributed by atoms with van der Waals surface area (Å²) in [7, 11) is 0. The lowest BCUT2D eigenvalue weighted by atomic mass is 10.3. The summed E-state index contributed by atoms with van der Waals surface area (Å²) in [6.45, 7) is 6.68. The molecule has 1 aliphatic heterocycles. The van der Waals surface area contributed by atoms with Crippen molar-refractivity contribution in [2.24, 2.45) is 0 Å². The lowest BCUT2D eigenvalue weighted by molar-refractivity contribution is -0.130. The number of rotatable bonds is 6. The fourth-order valence-corrected chi connectivity index (χ4v) is 2.82. The zero-order valence-corrected chi connectivity index (χ0v) is 12.0. The minimum absolute atomic E-state index is 0.00884. The normalized spacial score (nSPS) is 19.3. The van der Waals surface area contributed by atoms with Gasteiger partial charge in [-0.15, -0.1) is 0 Å². The molecule has 1 fully saturated rings. The summed E-state index contributed by atoms with van der Waals surface area (Å²) in [6, 6.07) is -0.104. The van der Waals surface area contributed by atoms with Gasteiger partial charge in [-0.25, -0.2) is 0 Å². The summed E-state index contributed by atoms with van der Waals surface area (Å²) in [5.74, 6) is 1.99. The van der Waals surface area contributed by atoms with Crippen LogP contribution in [0.4, 0.5) is 0 Å². The fourth-order valence-electron chi connectivity index (χ4n) is 1.88. The average molecular weight is 273 g/mol. The van der Waals surface area contributed by atoms with Gasteiger partial charge >= 0.3 is 0 Å².